The van der Waals surface area contributed by atoms with E-state index in [1.807, 2.05) is 0 Å². The Morgan fingerprint density at radius 3 is 1.79 bits per heavy atom. The fourth-order valence-electron chi connectivity index (χ4n) is 3.06. The van der Waals surface area contributed by atoms with Crippen LogP contribution in [0.15, 0.2) is 78.9 Å². The summed E-state index contributed by atoms with van der Waals surface area (Å²) in [7, 11) is 0. The molecule has 0 saturated heterocycles. The Morgan fingerprint density at radius 2 is 1.12 bits per heavy atom. The average Bonchev–Trinajstić information content (AvgIpc) is 2.93. The van der Waals surface area contributed by atoms with Gasteiger partial charge in [0.2, 0.25) is 0 Å². The summed E-state index contributed by atoms with van der Waals surface area (Å²) in [5.74, 6) is 0. The van der Waals surface area contributed by atoms with Crippen LogP contribution in [0.2, 0.25) is 0 Å². The van der Waals surface area contributed by atoms with Gasteiger partial charge < -0.3 is 24.8 Å². The molecule has 0 heterocycles. The van der Waals surface area contributed by atoms with Crippen LogP contribution in [0, 0.1) is 0 Å². The van der Waals surface area contributed by atoms with Crippen LogP contribution in [-0.4, -0.2) is 0 Å². The molecule has 0 radical (unpaired) electrons. The summed E-state index contributed by atoms with van der Waals surface area (Å²) in [5, 5.41) is 0. The van der Waals surface area contributed by atoms with E-state index in [1.165, 1.54) is 33.4 Å². The first-order chi connectivity index (χ1) is 10.8. The van der Waals surface area contributed by atoms with E-state index in [4.69, 9.17) is 0 Å². The van der Waals surface area contributed by atoms with E-state index in [0.29, 0.717) is 3.67 Å². The van der Waals surface area contributed by atoms with Gasteiger partial charge >= 0.3 is 146 Å². The van der Waals surface area contributed by atoms with Crippen molar-refractivity contribution in [2.45, 2.75) is 3.67 Å². The Balaban J connectivity index is 0.00000104. The number of hydrogen-bond donors (Lipinski definition) is 0. The van der Waals surface area contributed by atoms with Crippen molar-refractivity contribution < 1.29 is 49.2 Å². The molecule has 3 aromatic carbocycles. The molecule has 0 fully saturated rings. The fourth-order valence-corrected chi connectivity index (χ4v) is 4.90. The maximum absolute atomic E-state index is 2.37. The second-order valence-corrected chi connectivity index (χ2v) is 7.68. The summed E-state index contributed by atoms with van der Waals surface area (Å²) in [6.07, 6.45) is 2.37. The standard InChI is InChI=1S/C21H15.2ClH.Hf/c1-2-6-16(7-3-1)17-10-12-18(13-11-17)21-14-19-8-4-5-9-20(19)15-21;;;/h1-15H;2*1H;/q;;;+2/p-2. The zero-order valence-corrected chi connectivity index (χ0v) is 18.0. The minimum absolute atomic E-state index is 0. The van der Waals surface area contributed by atoms with Crippen LogP contribution in [-0.2, 0) is 24.4 Å². The van der Waals surface area contributed by atoms with Gasteiger partial charge in [0, 0.05) is 0 Å². The number of rotatable bonds is 2. The van der Waals surface area contributed by atoms with E-state index in [-0.39, 0.29) is 24.8 Å². The molecular formula is C21H15Cl2Hf. The summed E-state index contributed by atoms with van der Waals surface area (Å²) in [6.45, 7) is 0. The quantitative estimate of drug-likeness (QED) is 0.403. The van der Waals surface area contributed by atoms with E-state index < -0.39 is 0 Å². The van der Waals surface area contributed by atoms with Crippen LogP contribution < -0.4 is 24.8 Å². The zero-order chi connectivity index (χ0) is 14.9. The first-order valence-corrected chi connectivity index (χ1v) is 9.58. The molecule has 3 aromatic rings. The van der Waals surface area contributed by atoms with Crippen LogP contribution in [0.3, 0.4) is 0 Å². The van der Waals surface area contributed by atoms with Gasteiger partial charge in [-0.15, -0.1) is 0 Å². The Bertz CT molecular complexity index is 839. The van der Waals surface area contributed by atoms with Gasteiger partial charge in [0.05, 0.1) is 0 Å². The van der Waals surface area contributed by atoms with Crippen LogP contribution in [0.4, 0.5) is 0 Å². The van der Waals surface area contributed by atoms with Crippen LogP contribution >= 0.6 is 0 Å². The van der Waals surface area contributed by atoms with Gasteiger partial charge in [-0.2, -0.15) is 0 Å². The van der Waals surface area contributed by atoms with Crippen molar-refractivity contribution in [2.24, 2.45) is 0 Å². The van der Waals surface area contributed by atoms with Crippen molar-refractivity contribution >= 4 is 11.6 Å². The third-order valence-corrected chi connectivity index (χ3v) is 6.49. The second-order valence-electron chi connectivity index (χ2n) is 5.60. The van der Waals surface area contributed by atoms with Gasteiger partial charge in [0.15, 0.2) is 0 Å². The second kappa shape index (κ2) is 8.29. The van der Waals surface area contributed by atoms with Crippen molar-refractivity contribution in [3.63, 3.8) is 0 Å². The summed E-state index contributed by atoms with van der Waals surface area (Å²) in [4.78, 5) is 0. The summed E-state index contributed by atoms with van der Waals surface area (Å²) in [5.41, 5.74) is 8.29. The van der Waals surface area contributed by atoms with Crippen molar-refractivity contribution in [3.05, 3.63) is 95.6 Å². The third kappa shape index (κ3) is 3.59. The normalized spacial score (nSPS) is 14.9. The van der Waals surface area contributed by atoms with Crippen LogP contribution in [0.5, 0.6) is 0 Å². The molecule has 1 atom stereocenters. The molecule has 0 saturated carbocycles. The van der Waals surface area contributed by atoms with Gasteiger partial charge in [-0.05, 0) is 0 Å². The monoisotopic (exact) mass is 517 g/mol. The molecule has 0 aliphatic heterocycles. The molecule has 4 rings (SSSR count). The maximum atomic E-state index is 2.37. The summed E-state index contributed by atoms with van der Waals surface area (Å²) < 4.78 is 0.610. The topological polar surface area (TPSA) is 0 Å². The van der Waals surface area contributed by atoms with Gasteiger partial charge in [-0.25, -0.2) is 0 Å². The van der Waals surface area contributed by atoms with Crippen molar-refractivity contribution in [2.75, 3.05) is 0 Å². The molecule has 3 heteroatoms. The molecule has 0 nitrogen and oxygen atoms in total. The van der Waals surface area contributed by atoms with E-state index in [2.05, 4.69) is 84.9 Å². The van der Waals surface area contributed by atoms with Crippen LogP contribution in [0.25, 0.3) is 22.8 Å². The number of halogens is 2. The molecule has 0 N–H and O–H groups in total. The molecule has 0 spiro atoms. The SMILES string of the molecule is [Cl-].[Cl-].[Hf+2][CH]1C(c2ccc(-c3ccccc3)cc2)=Cc2ccccc21. The fraction of sp³-hybridized carbons (Fsp3) is 0.0476. The predicted octanol–water partition coefficient (Wildman–Crippen LogP) is -0.496. The summed E-state index contributed by atoms with van der Waals surface area (Å²) >= 11 is 1.15. The van der Waals surface area contributed by atoms with E-state index in [9.17, 15) is 0 Å². The van der Waals surface area contributed by atoms with Gasteiger partial charge in [-0.3, -0.25) is 0 Å². The van der Waals surface area contributed by atoms with Crippen molar-refractivity contribution in [1.29, 1.82) is 0 Å². The molecule has 1 aliphatic rings. The van der Waals surface area contributed by atoms with Gasteiger partial charge in [0.1, 0.15) is 0 Å². The molecule has 0 aromatic heterocycles. The Hall–Kier alpha value is -1.15. The van der Waals surface area contributed by atoms with E-state index >= 15 is 0 Å². The molecule has 117 valence electrons. The number of allylic oxidation sites excluding steroid dienone is 1. The first-order valence-electron chi connectivity index (χ1n) is 7.50. The van der Waals surface area contributed by atoms with Crippen molar-refractivity contribution in [1.82, 2.24) is 0 Å². The van der Waals surface area contributed by atoms with Gasteiger partial charge in [-0.1, -0.05) is 0 Å². The van der Waals surface area contributed by atoms with Gasteiger partial charge in [0.25, 0.3) is 0 Å². The van der Waals surface area contributed by atoms with E-state index in [0.717, 1.165) is 24.4 Å². The number of benzene rings is 3. The third-order valence-electron chi connectivity index (χ3n) is 4.25. The Labute approximate surface area is 170 Å². The molecule has 0 bridgehead atoms. The molecule has 0 amide bonds. The molecule has 1 aliphatic carbocycles. The average molecular weight is 517 g/mol. The Kier molecular flexibility index (Phi) is 6.62. The molecule has 1 unspecified atom stereocenters. The molecule has 24 heavy (non-hydrogen) atoms. The minimum atomic E-state index is 0. The first kappa shape index (κ1) is 19.2. The van der Waals surface area contributed by atoms with E-state index in [1.54, 1.807) is 0 Å². The zero-order valence-electron chi connectivity index (χ0n) is 12.9. The number of hydrogen-bond acceptors (Lipinski definition) is 0. The molecular weight excluding hydrogens is 502 g/mol. The van der Waals surface area contributed by atoms with Crippen LogP contribution in [0.1, 0.15) is 20.4 Å². The number of fused-ring (bicyclic) bond motifs is 1. The summed E-state index contributed by atoms with van der Waals surface area (Å²) in [6, 6.07) is 28.4. The predicted molar refractivity (Wildman–Crippen MR) is 88.9 cm³/mol. The van der Waals surface area contributed by atoms with Crippen molar-refractivity contribution in [3.8, 4) is 11.1 Å². The Morgan fingerprint density at radius 1 is 0.583 bits per heavy atom.